The van der Waals surface area contributed by atoms with E-state index in [0.717, 1.165) is 4.90 Å². The Kier molecular flexibility index (Phi) is 8.22. The van der Waals surface area contributed by atoms with Gasteiger partial charge in [-0.15, -0.1) is 0 Å². The SMILES string of the molecule is CCCNC(=O)[C@@]1(C)c2ccccc2C(=O)N(Cc2cc(C(F)(F)F)cc(C(F)(F)F)c2)[C@H]1c1ccc(CO)cc1. The summed E-state index contributed by atoms with van der Waals surface area (Å²) >= 11 is 0. The molecule has 0 aromatic heterocycles. The Morgan fingerprint density at radius 1 is 0.927 bits per heavy atom. The number of hydrogen-bond acceptors (Lipinski definition) is 3. The quantitative estimate of drug-likeness (QED) is 0.319. The number of carbonyl (C=O) groups excluding carboxylic acids is 2. The third-order valence-electron chi connectivity index (χ3n) is 7.32. The highest BCUT2D eigenvalue weighted by Gasteiger charge is 2.53. The molecule has 0 aliphatic carbocycles. The monoisotopic (exact) mass is 578 g/mol. The summed E-state index contributed by atoms with van der Waals surface area (Å²) in [5, 5.41) is 12.4. The summed E-state index contributed by atoms with van der Waals surface area (Å²) in [5.74, 6) is -1.11. The van der Waals surface area contributed by atoms with Crippen LogP contribution in [0.5, 0.6) is 0 Å². The zero-order valence-corrected chi connectivity index (χ0v) is 22.2. The predicted molar refractivity (Wildman–Crippen MR) is 139 cm³/mol. The summed E-state index contributed by atoms with van der Waals surface area (Å²) < 4.78 is 81.8. The number of nitrogens with one attached hydrogen (secondary N) is 1. The summed E-state index contributed by atoms with van der Waals surface area (Å²) in [5.41, 5.74) is -3.42. The Balaban J connectivity index is 1.96. The summed E-state index contributed by atoms with van der Waals surface area (Å²) in [6.07, 6.45) is -9.53. The van der Waals surface area contributed by atoms with E-state index in [1.54, 1.807) is 49.4 Å². The fraction of sp³-hybridized carbons (Fsp3) is 0.333. The highest BCUT2D eigenvalue weighted by Crippen LogP contribution is 2.48. The molecule has 3 aromatic rings. The van der Waals surface area contributed by atoms with E-state index in [9.17, 15) is 41.0 Å². The maximum Gasteiger partial charge on any atom is 0.416 e. The average Bonchev–Trinajstić information content (AvgIpc) is 2.93. The third-order valence-corrected chi connectivity index (χ3v) is 7.32. The minimum atomic E-state index is -5.07. The predicted octanol–water partition coefficient (Wildman–Crippen LogP) is 6.40. The van der Waals surface area contributed by atoms with Crippen molar-refractivity contribution in [3.63, 3.8) is 0 Å². The van der Waals surface area contributed by atoms with Crippen LogP contribution in [-0.2, 0) is 35.7 Å². The van der Waals surface area contributed by atoms with Gasteiger partial charge >= 0.3 is 12.4 Å². The minimum Gasteiger partial charge on any atom is -0.392 e. The number of nitrogens with zero attached hydrogens (tertiary/aromatic N) is 1. The summed E-state index contributed by atoms with van der Waals surface area (Å²) in [7, 11) is 0. The molecule has 5 nitrogen and oxygen atoms in total. The molecule has 2 amide bonds. The first-order valence-electron chi connectivity index (χ1n) is 12.9. The van der Waals surface area contributed by atoms with E-state index in [1.165, 1.54) is 6.07 Å². The molecule has 4 rings (SSSR count). The molecule has 1 heterocycles. The first-order chi connectivity index (χ1) is 19.2. The van der Waals surface area contributed by atoms with Crippen molar-refractivity contribution >= 4 is 11.8 Å². The topological polar surface area (TPSA) is 69.6 Å². The highest BCUT2D eigenvalue weighted by molar-refractivity contribution is 6.03. The van der Waals surface area contributed by atoms with Crippen molar-refractivity contribution in [2.75, 3.05) is 6.54 Å². The lowest BCUT2D eigenvalue weighted by molar-refractivity contribution is -0.143. The van der Waals surface area contributed by atoms with E-state index in [-0.39, 0.29) is 18.2 Å². The Morgan fingerprint density at radius 2 is 1.51 bits per heavy atom. The van der Waals surface area contributed by atoms with Crippen molar-refractivity contribution in [1.82, 2.24) is 10.2 Å². The van der Waals surface area contributed by atoms with Crippen LogP contribution in [0, 0.1) is 0 Å². The van der Waals surface area contributed by atoms with Crippen LogP contribution in [0.3, 0.4) is 0 Å². The number of aliphatic hydroxyl groups excluding tert-OH is 1. The largest absolute Gasteiger partial charge is 0.416 e. The smallest absolute Gasteiger partial charge is 0.392 e. The van der Waals surface area contributed by atoms with Crippen molar-refractivity contribution in [1.29, 1.82) is 0 Å². The summed E-state index contributed by atoms with van der Waals surface area (Å²) in [6.45, 7) is 2.85. The van der Waals surface area contributed by atoms with Crippen molar-refractivity contribution in [3.8, 4) is 0 Å². The maximum atomic E-state index is 13.9. The van der Waals surface area contributed by atoms with Gasteiger partial charge in [-0.1, -0.05) is 49.4 Å². The number of hydrogen-bond donors (Lipinski definition) is 2. The number of aliphatic hydroxyl groups is 1. The van der Waals surface area contributed by atoms with Crippen LogP contribution in [0.15, 0.2) is 66.7 Å². The second kappa shape index (κ2) is 11.2. The van der Waals surface area contributed by atoms with Crippen molar-refractivity contribution < 1.29 is 41.0 Å². The second-order valence-electron chi connectivity index (χ2n) is 10.2. The molecule has 3 aromatic carbocycles. The Hall–Kier alpha value is -3.86. The van der Waals surface area contributed by atoms with Gasteiger partial charge in [0.15, 0.2) is 0 Å². The summed E-state index contributed by atoms with van der Waals surface area (Å²) in [4.78, 5) is 28.9. The van der Waals surface area contributed by atoms with Gasteiger partial charge in [-0.25, -0.2) is 0 Å². The van der Waals surface area contributed by atoms with Gasteiger partial charge in [0.2, 0.25) is 5.91 Å². The van der Waals surface area contributed by atoms with Crippen LogP contribution in [-0.4, -0.2) is 28.4 Å². The van der Waals surface area contributed by atoms with Crippen LogP contribution in [0.1, 0.15) is 70.0 Å². The van der Waals surface area contributed by atoms with E-state index < -0.39 is 58.9 Å². The zero-order chi connectivity index (χ0) is 30.2. The molecule has 0 saturated heterocycles. The number of halogens is 6. The van der Waals surface area contributed by atoms with Gasteiger partial charge in [-0.2, -0.15) is 26.3 Å². The van der Waals surface area contributed by atoms with Crippen molar-refractivity contribution in [3.05, 3.63) is 106 Å². The van der Waals surface area contributed by atoms with E-state index >= 15 is 0 Å². The van der Waals surface area contributed by atoms with Gasteiger partial charge in [0.25, 0.3) is 5.91 Å². The van der Waals surface area contributed by atoms with Crippen LogP contribution >= 0.6 is 0 Å². The highest BCUT2D eigenvalue weighted by atomic mass is 19.4. The van der Waals surface area contributed by atoms with Gasteiger partial charge < -0.3 is 15.3 Å². The molecular formula is C30H28F6N2O3. The van der Waals surface area contributed by atoms with Crippen LogP contribution in [0.25, 0.3) is 0 Å². The molecule has 2 atom stereocenters. The lowest BCUT2D eigenvalue weighted by atomic mass is 9.67. The lowest BCUT2D eigenvalue weighted by Crippen LogP contribution is -2.57. The van der Waals surface area contributed by atoms with Crippen molar-refractivity contribution in [2.45, 2.75) is 57.2 Å². The summed E-state index contributed by atoms with van der Waals surface area (Å²) in [6, 6.07) is 12.8. The molecule has 1 aliphatic heterocycles. The molecule has 0 radical (unpaired) electrons. The Labute approximate surface area is 232 Å². The Morgan fingerprint density at radius 3 is 2.05 bits per heavy atom. The van der Waals surface area contributed by atoms with Gasteiger partial charge in [0, 0.05) is 18.7 Å². The Bertz CT molecular complexity index is 1400. The molecule has 11 heteroatoms. The molecule has 1 aliphatic rings. The molecule has 0 spiro atoms. The van der Waals surface area contributed by atoms with Crippen LogP contribution < -0.4 is 5.32 Å². The normalized spacial score (nSPS) is 19.2. The number of alkyl halides is 6. The van der Waals surface area contributed by atoms with E-state index in [2.05, 4.69) is 5.32 Å². The molecule has 0 bridgehead atoms. The minimum absolute atomic E-state index is 0.0320. The number of fused-ring (bicyclic) bond motifs is 1. The number of benzene rings is 3. The fourth-order valence-electron chi connectivity index (χ4n) is 5.31. The molecule has 0 unspecified atom stereocenters. The van der Waals surface area contributed by atoms with E-state index in [1.807, 2.05) is 6.92 Å². The van der Waals surface area contributed by atoms with Crippen molar-refractivity contribution in [2.24, 2.45) is 0 Å². The van der Waals surface area contributed by atoms with Gasteiger partial charge in [-0.3, -0.25) is 9.59 Å². The number of rotatable bonds is 7. The van der Waals surface area contributed by atoms with Gasteiger partial charge in [0.1, 0.15) is 0 Å². The molecule has 0 saturated carbocycles. The number of amides is 2. The fourth-order valence-corrected chi connectivity index (χ4v) is 5.31. The zero-order valence-electron chi connectivity index (χ0n) is 22.2. The number of carbonyl (C=O) groups is 2. The van der Waals surface area contributed by atoms with E-state index in [4.69, 9.17) is 0 Å². The second-order valence-corrected chi connectivity index (χ2v) is 10.2. The lowest BCUT2D eigenvalue weighted by Gasteiger charge is -2.48. The van der Waals surface area contributed by atoms with Gasteiger partial charge in [-0.05, 0) is 59.9 Å². The first-order valence-corrected chi connectivity index (χ1v) is 12.9. The van der Waals surface area contributed by atoms with Crippen LogP contribution in [0.2, 0.25) is 0 Å². The maximum absolute atomic E-state index is 13.9. The third kappa shape index (κ3) is 5.81. The standard InChI is InChI=1S/C30H28F6N2O3/c1-3-12-37-27(41)28(2)24-7-5-4-6-23(24)26(40)38(25(28)20-10-8-18(17-39)9-11-20)16-19-13-21(29(31,32)33)15-22(14-19)30(34,35)36/h4-11,13-15,25,39H,3,12,16-17H2,1-2H3,(H,37,41)/t25-,28-/m0/s1. The molecule has 2 N–H and O–H groups in total. The molecule has 41 heavy (non-hydrogen) atoms. The van der Waals surface area contributed by atoms with Gasteiger partial charge in [0.05, 0.1) is 29.2 Å². The molecular weight excluding hydrogens is 550 g/mol. The van der Waals surface area contributed by atoms with E-state index in [0.29, 0.717) is 41.8 Å². The first kappa shape index (κ1) is 30.1. The average molecular weight is 579 g/mol. The van der Waals surface area contributed by atoms with Crippen LogP contribution in [0.4, 0.5) is 26.3 Å². The molecule has 0 fully saturated rings. The molecule has 218 valence electrons.